The summed E-state index contributed by atoms with van der Waals surface area (Å²) >= 11 is 11.9. The number of hydrogen-bond donors (Lipinski definition) is 2. The molecule has 0 aromatic heterocycles. The predicted octanol–water partition coefficient (Wildman–Crippen LogP) is 3.51. The predicted molar refractivity (Wildman–Crippen MR) is 69.7 cm³/mol. The number of carbonyl (C=O) groups is 1. The van der Waals surface area contributed by atoms with Gasteiger partial charge in [0.05, 0.1) is 6.42 Å². The molecule has 0 saturated carbocycles. The van der Waals surface area contributed by atoms with Crippen molar-refractivity contribution in [3.8, 4) is 0 Å². The molecule has 0 aliphatic carbocycles. The van der Waals surface area contributed by atoms with E-state index < -0.39 is 5.97 Å². The lowest BCUT2D eigenvalue weighted by molar-refractivity contribution is -0.137. The van der Waals surface area contributed by atoms with Crippen LogP contribution in [0.3, 0.4) is 0 Å². The molecule has 0 radical (unpaired) electrons. The maximum atomic E-state index is 10.6. The first-order chi connectivity index (χ1) is 7.90. The van der Waals surface area contributed by atoms with Crippen LogP contribution in [0.25, 0.3) is 0 Å². The van der Waals surface area contributed by atoms with E-state index in [0.29, 0.717) is 10.0 Å². The van der Waals surface area contributed by atoms with Crippen molar-refractivity contribution in [2.45, 2.75) is 32.4 Å². The van der Waals surface area contributed by atoms with Gasteiger partial charge in [-0.2, -0.15) is 0 Å². The van der Waals surface area contributed by atoms with Crippen molar-refractivity contribution < 1.29 is 9.90 Å². The highest BCUT2D eigenvalue weighted by Crippen LogP contribution is 2.26. The minimum Gasteiger partial charge on any atom is -0.481 e. The molecule has 0 fully saturated rings. The lowest BCUT2D eigenvalue weighted by Crippen LogP contribution is -2.31. The van der Waals surface area contributed by atoms with Gasteiger partial charge in [0.25, 0.3) is 0 Å². The monoisotopic (exact) mass is 275 g/mol. The van der Waals surface area contributed by atoms with Crippen LogP contribution >= 0.6 is 23.2 Å². The topological polar surface area (TPSA) is 49.3 Å². The fraction of sp³-hybridized carbons (Fsp3) is 0.417. The summed E-state index contributed by atoms with van der Waals surface area (Å²) in [6.07, 6.45) is 0.0789. The second-order valence-corrected chi connectivity index (χ2v) is 4.90. The lowest BCUT2D eigenvalue weighted by atomic mass is 10.1. The first kappa shape index (κ1) is 14.3. The molecule has 0 bridgehead atoms. The number of hydrogen-bond acceptors (Lipinski definition) is 2. The standard InChI is InChI=1S/C12H15Cl2NO2/c1-7(5-12(16)17)15-8(2)10-4-3-9(13)6-11(10)14/h3-4,6-8,15H,5H2,1-2H3,(H,16,17). The van der Waals surface area contributed by atoms with Crippen LogP contribution in [0.4, 0.5) is 0 Å². The van der Waals surface area contributed by atoms with Crippen molar-refractivity contribution in [2.75, 3.05) is 0 Å². The average molecular weight is 276 g/mol. The quantitative estimate of drug-likeness (QED) is 0.865. The Labute approximate surface area is 111 Å². The summed E-state index contributed by atoms with van der Waals surface area (Å²) in [6.45, 7) is 3.77. The van der Waals surface area contributed by atoms with E-state index in [4.69, 9.17) is 28.3 Å². The van der Waals surface area contributed by atoms with E-state index in [2.05, 4.69) is 5.32 Å². The molecule has 0 aliphatic heterocycles. The van der Waals surface area contributed by atoms with Gasteiger partial charge in [-0.3, -0.25) is 4.79 Å². The van der Waals surface area contributed by atoms with Crippen LogP contribution in [-0.2, 0) is 4.79 Å². The Hall–Kier alpha value is -0.770. The van der Waals surface area contributed by atoms with Crippen molar-refractivity contribution in [3.05, 3.63) is 33.8 Å². The van der Waals surface area contributed by atoms with Gasteiger partial charge in [-0.1, -0.05) is 29.3 Å². The maximum absolute atomic E-state index is 10.6. The molecule has 1 rings (SSSR count). The number of nitrogens with one attached hydrogen (secondary N) is 1. The van der Waals surface area contributed by atoms with E-state index >= 15 is 0 Å². The Bertz CT molecular complexity index is 409. The Morgan fingerprint density at radius 2 is 2.06 bits per heavy atom. The zero-order chi connectivity index (χ0) is 13.0. The Kier molecular flexibility index (Phi) is 5.25. The van der Waals surface area contributed by atoms with Gasteiger partial charge in [0.15, 0.2) is 0 Å². The van der Waals surface area contributed by atoms with E-state index in [1.165, 1.54) is 0 Å². The SMILES string of the molecule is CC(CC(=O)O)NC(C)c1ccc(Cl)cc1Cl. The first-order valence-electron chi connectivity index (χ1n) is 5.33. The summed E-state index contributed by atoms with van der Waals surface area (Å²) in [5.74, 6) is -0.820. The highest BCUT2D eigenvalue weighted by Gasteiger charge is 2.14. The normalized spacial score (nSPS) is 14.4. The van der Waals surface area contributed by atoms with Gasteiger partial charge >= 0.3 is 5.97 Å². The molecule has 1 aromatic rings. The Morgan fingerprint density at radius 1 is 1.41 bits per heavy atom. The van der Waals surface area contributed by atoms with Gasteiger partial charge < -0.3 is 10.4 Å². The minimum atomic E-state index is -0.820. The molecule has 94 valence electrons. The summed E-state index contributed by atoms with van der Waals surface area (Å²) in [5, 5.41) is 13.0. The van der Waals surface area contributed by atoms with Gasteiger partial charge in [0.2, 0.25) is 0 Å². The van der Waals surface area contributed by atoms with Crippen molar-refractivity contribution in [1.29, 1.82) is 0 Å². The summed E-state index contributed by atoms with van der Waals surface area (Å²) in [7, 11) is 0. The first-order valence-corrected chi connectivity index (χ1v) is 6.08. The lowest BCUT2D eigenvalue weighted by Gasteiger charge is -2.20. The smallest absolute Gasteiger partial charge is 0.304 e. The van der Waals surface area contributed by atoms with Crippen LogP contribution in [0.1, 0.15) is 31.9 Å². The zero-order valence-corrected chi connectivity index (χ0v) is 11.2. The second-order valence-electron chi connectivity index (χ2n) is 4.05. The van der Waals surface area contributed by atoms with Crippen molar-refractivity contribution in [2.24, 2.45) is 0 Å². The molecule has 2 unspecified atom stereocenters. The van der Waals surface area contributed by atoms with Crippen LogP contribution < -0.4 is 5.32 Å². The Balaban J connectivity index is 2.69. The van der Waals surface area contributed by atoms with Crippen LogP contribution in [-0.4, -0.2) is 17.1 Å². The van der Waals surface area contributed by atoms with Crippen molar-refractivity contribution >= 4 is 29.2 Å². The highest BCUT2D eigenvalue weighted by atomic mass is 35.5. The third kappa shape index (κ3) is 4.54. The van der Waals surface area contributed by atoms with Gasteiger partial charge in [-0.15, -0.1) is 0 Å². The summed E-state index contributed by atoms with van der Waals surface area (Å²) in [4.78, 5) is 10.6. The molecule has 0 saturated heterocycles. The number of aliphatic carboxylic acids is 1. The van der Waals surface area contributed by atoms with Crippen LogP contribution in [0, 0.1) is 0 Å². The average Bonchev–Trinajstić information content (AvgIpc) is 2.15. The maximum Gasteiger partial charge on any atom is 0.304 e. The number of carboxylic acid groups (broad SMARTS) is 1. The zero-order valence-electron chi connectivity index (χ0n) is 9.71. The molecule has 2 N–H and O–H groups in total. The molecule has 0 amide bonds. The van der Waals surface area contributed by atoms with E-state index in [-0.39, 0.29) is 18.5 Å². The summed E-state index contributed by atoms with van der Waals surface area (Å²) in [6, 6.07) is 5.15. The van der Waals surface area contributed by atoms with E-state index in [1.54, 1.807) is 12.1 Å². The summed E-state index contributed by atoms with van der Waals surface area (Å²) < 4.78 is 0. The van der Waals surface area contributed by atoms with Crippen LogP contribution in [0.2, 0.25) is 10.0 Å². The largest absolute Gasteiger partial charge is 0.481 e. The molecular weight excluding hydrogens is 261 g/mol. The molecule has 1 aromatic carbocycles. The van der Waals surface area contributed by atoms with Gasteiger partial charge in [0.1, 0.15) is 0 Å². The van der Waals surface area contributed by atoms with Gasteiger partial charge in [-0.25, -0.2) is 0 Å². The number of benzene rings is 1. The van der Waals surface area contributed by atoms with Crippen molar-refractivity contribution in [1.82, 2.24) is 5.32 Å². The van der Waals surface area contributed by atoms with E-state index in [9.17, 15) is 4.79 Å². The van der Waals surface area contributed by atoms with Gasteiger partial charge in [-0.05, 0) is 31.5 Å². The second kappa shape index (κ2) is 6.24. The number of rotatable bonds is 5. The van der Waals surface area contributed by atoms with Crippen LogP contribution in [0.5, 0.6) is 0 Å². The van der Waals surface area contributed by atoms with Crippen molar-refractivity contribution in [3.63, 3.8) is 0 Å². The molecule has 2 atom stereocenters. The number of halogens is 2. The molecular formula is C12H15Cl2NO2. The fourth-order valence-electron chi connectivity index (χ4n) is 1.69. The molecule has 0 spiro atoms. The highest BCUT2D eigenvalue weighted by molar-refractivity contribution is 6.35. The number of carboxylic acids is 1. The third-order valence-corrected chi connectivity index (χ3v) is 3.01. The summed E-state index contributed by atoms with van der Waals surface area (Å²) in [5.41, 5.74) is 0.910. The van der Waals surface area contributed by atoms with Crippen LogP contribution in [0.15, 0.2) is 18.2 Å². The van der Waals surface area contributed by atoms with E-state index in [0.717, 1.165) is 5.56 Å². The fourth-order valence-corrected chi connectivity index (χ4v) is 2.26. The molecule has 5 heteroatoms. The minimum absolute atomic E-state index is 0.0193. The molecule has 0 aliphatic rings. The molecule has 0 heterocycles. The van der Waals surface area contributed by atoms with E-state index in [1.807, 2.05) is 19.9 Å². The third-order valence-electron chi connectivity index (χ3n) is 2.44. The molecule has 17 heavy (non-hydrogen) atoms. The van der Waals surface area contributed by atoms with Gasteiger partial charge in [0, 0.05) is 22.1 Å². The Morgan fingerprint density at radius 3 is 2.59 bits per heavy atom. The molecule has 3 nitrogen and oxygen atoms in total.